The lowest BCUT2D eigenvalue weighted by Gasteiger charge is -2.14. The maximum Gasteiger partial charge on any atom is 0.123 e. The van der Waals surface area contributed by atoms with Gasteiger partial charge in [0, 0.05) is 5.33 Å². The Morgan fingerprint density at radius 3 is 2.10 bits per heavy atom. The van der Waals surface area contributed by atoms with Crippen LogP contribution in [0, 0.1) is 11.7 Å². The predicted molar refractivity (Wildman–Crippen MR) is 87.6 cm³/mol. The average molecular weight is 376 g/mol. The molecule has 0 aliphatic heterocycles. The van der Waals surface area contributed by atoms with E-state index in [0.717, 1.165) is 29.3 Å². The molecule has 0 nitrogen and oxygen atoms in total. The van der Waals surface area contributed by atoms with Gasteiger partial charge in [0.1, 0.15) is 5.82 Å². The molecule has 0 saturated heterocycles. The van der Waals surface area contributed by atoms with Crippen LogP contribution in [0.1, 0.15) is 11.1 Å². The van der Waals surface area contributed by atoms with E-state index in [4.69, 9.17) is 23.2 Å². The molecule has 0 aliphatic rings. The van der Waals surface area contributed by atoms with E-state index in [1.165, 1.54) is 12.1 Å². The number of halogens is 4. The zero-order valence-electron chi connectivity index (χ0n) is 10.8. The van der Waals surface area contributed by atoms with Gasteiger partial charge < -0.3 is 0 Å². The van der Waals surface area contributed by atoms with Gasteiger partial charge >= 0.3 is 0 Å². The van der Waals surface area contributed by atoms with Gasteiger partial charge in [0.15, 0.2) is 0 Å². The van der Waals surface area contributed by atoms with Crippen molar-refractivity contribution in [2.45, 2.75) is 12.8 Å². The molecular weight excluding hydrogens is 362 g/mol. The first-order valence-corrected chi connectivity index (χ1v) is 8.20. The average Bonchev–Trinajstić information content (AvgIpc) is 2.44. The van der Waals surface area contributed by atoms with E-state index < -0.39 is 0 Å². The van der Waals surface area contributed by atoms with Gasteiger partial charge in [0.2, 0.25) is 0 Å². The van der Waals surface area contributed by atoms with Crippen LogP contribution in [0.2, 0.25) is 10.0 Å². The van der Waals surface area contributed by atoms with Crippen LogP contribution in [-0.4, -0.2) is 5.33 Å². The first-order valence-electron chi connectivity index (χ1n) is 6.33. The van der Waals surface area contributed by atoms with Gasteiger partial charge in [0.05, 0.1) is 10.0 Å². The number of rotatable bonds is 5. The fourth-order valence-corrected chi connectivity index (χ4v) is 2.91. The summed E-state index contributed by atoms with van der Waals surface area (Å²) in [5.41, 5.74) is 2.29. The number of alkyl halides is 1. The number of hydrogen-bond acceptors (Lipinski definition) is 0. The highest BCUT2D eigenvalue weighted by Crippen LogP contribution is 2.25. The molecule has 2 aromatic rings. The smallest absolute Gasteiger partial charge is 0.123 e. The Bertz CT molecular complexity index is 569. The minimum Gasteiger partial charge on any atom is -0.207 e. The van der Waals surface area contributed by atoms with E-state index in [9.17, 15) is 4.39 Å². The van der Waals surface area contributed by atoms with E-state index in [1.54, 1.807) is 0 Å². The summed E-state index contributed by atoms with van der Waals surface area (Å²) in [4.78, 5) is 0. The Hall–Kier alpha value is -0.570. The van der Waals surface area contributed by atoms with Gasteiger partial charge in [-0.25, -0.2) is 4.39 Å². The molecule has 0 N–H and O–H groups in total. The van der Waals surface area contributed by atoms with Crippen molar-refractivity contribution < 1.29 is 4.39 Å². The summed E-state index contributed by atoms with van der Waals surface area (Å²) in [7, 11) is 0. The predicted octanol–water partition coefficient (Wildman–Crippen LogP) is 5.93. The number of hydrogen-bond donors (Lipinski definition) is 0. The van der Waals surface area contributed by atoms with Crippen molar-refractivity contribution in [3.05, 3.63) is 69.5 Å². The summed E-state index contributed by atoms with van der Waals surface area (Å²) in [6.07, 6.45) is 1.80. The highest BCUT2D eigenvalue weighted by molar-refractivity contribution is 9.09. The standard InChI is InChI=1S/C16H14BrCl2F/c17-10-13(7-11-1-4-14(20)5-2-11)8-12-3-6-15(18)16(19)9-12/h1-6,9,13H,7-8,10H2. The minimum absolute atomic E-state index is 0.200. The molecule has 0 bridgehead atoms. The molecule has 0 amide bonds. The first-order chi connectivity index (χ1) is 9.58. The minimum atomic E-state index is -0.200. The molecular formula is C16H14BrCl2F. The maximum absolute atomic E-state index is 12.9. The second-order valence-corrected chi connectivity index (χ2v) is 6.27. The van der Waals surface area contributed by atoms with Gasteiger partial charge in [-0.15, -0.1) is 0 Å². The molecule has 2 rings (SSSR count). The third kappa shape index (κ3) is 4.47. The summed E-state index contributed by atoms with van der Waals surface area (Å²) < 4.78 is 12.9. The molecule has 0 spiro atoms. The second-order valence-electron chi connectivity index (χ2n) is 4.80. The van der Waals surface area contributed by atoms with E-state index >= 15 is 0 Å². The largest absolute Gasteiger partial charge is 0.207 e. The molecule has 0 radical (unpaired) electrons. The van der Waals surface area contributed by atoms with Crippen molar-refractivity contribution in [3.8, 4) is 0 Å². The maximum atomic E-state index is 12.9. The monoisotopic (exact) mass is 374 g/mol. The Morgan fingerprint density at radius 1 is 0.900 bits per heavy atom. The fraction of sp³-hybridized carbons (Fsp3) is 0.250. The van der Waals surface area contributed by atoms with Crippen LogP contribution >= 0.6 is 39.1 Å². The molecule has 0 fully saturated rings. The van der Waals surface area contributed by atoms with Gasteiger partial charge in [-0.3, -0.25) is 0 Å². The van der Waals surface area contributed by atoms with Crippen LogP contribution in [-0.2, 0) is 12.8 Å². The summed E-state index contributed by atoms with van der Waals surface area (Å²) >= 11 is 15.5. The molecule has 0 aromatic heterocycles. The van der Waals surface area contributed by atoms with Gasteiger partial charge in [0.25, 0.3) is 0 Å². The third-order valence-corrected chi connectivity index (χ3v) is 4.82. The Kier molecular flexibility index (Phi) is 5.88. The third-order valence-electron chi connectivity index (χ3n) is 3.16. The van der Waals surface area contributed by atoms with Crippen molar-refractivity contribution >= 4 is 39.1 Å². The van der Waals surface area contributed by atoms with Crippen molar-refractivity contribution in [1.82, 2.24) is 0 Å². The van der Waals surface area contributed by atoms with Crippen LogP contribution in [0.15, 0.2) is 42.5 Å². The summed E-state index contributed by atoms with van der Waals surface area (Å²) in [6.45, 7) is 0. The highest BCUT2D eigenvalue weighted by Gasteiger charge is 2.11. The Balaban J connectivity index is 2.04. The van der Waals surface area contributed by atoms with Crippen LogP contribution in [0.25, 0.3) is 0 Å². The molecule has 0 saturated carbocycles. The van der Waals surface area contributed by atoms with Gasteiger partial charge in [-0.1, -0.05) is 57.3 Å². The fourth-order valence-electron chi connectivity index (χ4n) is 2.14. The van der Waals surface area contributed by atoms with Gasteiger partial charge in [-0.2, -0.15) is 0 Å². The molecule has 0 heterocycles. The molecule has 2 aromatic carbocycles. The Labute approximate surface area is 137 Å². The number of benzene rings is 2. The zero-order chi connectivity index (χ0) is 14.5. The van der Waals surface area contributed by atoms with Crippen LogP contribution in [0.4, 0.5) is 4.39 Å². The van der Waals surface area contributed by atoms with E-state index in [1.807, 2.05) is 30.3 Å². The lowest BCUT2D eigenvalue weighted by molar-refractivity contribution is 0.587. The van der Waals surface area contributed by atoms with Crippen LogP contribution < -0.4 is 0 Å². The lowest BCUT2D eigenvalue weighted by atomic mass is 9.94. The normalized spacial score (nSPS) is 12.4. The SMILES string of the molecule is Fc1ccc(CC(CBr)Cc2ccc(Cl)c(Cl)c2)cc1. The van der Waals surface area contributed by atoms with Gasteiger partial charge in [-0.05, 0) is 54.2 Å². The molecule has 20 heavy (non-hydrogen) atoms. The van der Waals surface area contributed by atoms with Crippen LogP contribution in [0.5, 0.6) is 0 Å². The zero-order valence-corrected chi connectivity index (χ0v) is 13.8. The molecule has 1 unspecified atom stereocenters. The Morgan fingerprint density at radius 2 is 1.50 bits per heavy atom. The second kappa shape index (κ2) is 7.44. The van der Waals surface area contributed by atoms with E-state index in [-0.39, 0.29) is 5.82 Å². The van der Waals surface area contributed by atoms with Crippen molar-refractivity contribution in [3.63, 3.8) is 0 Å². The summed E-state index contributed by atoms with van der Waals surface area (Å²) in [5.74, 6) is 0.228. The topological polar surface area (TPSA) is 0 Å². The van der Waals surface area contributed by atoms with Crippen LogP contribution in [0.3, 0.4) is 0 Å². The molecule has 1 atom stereocenters. The molecule has 4 heteroatoms. The first kappa shape index (κ1) is 15.8. The lowest BCUT2D eigenvalue weighted by Crippen LogP contribution is -2.10. The van der Waals surface area contributed by atoms with Crippen molar-refractivity contribution in [2.75, 3.05) is 5.33 Å². The summed E-state index contributed by atoms with van der Waals surface area (Å²) in [6, 6.07) is 12.4. The van der Waals surface area contributed by atoms with Crippen molar-refractivity contribution in [2.24, 2.45) is 5.92 Å². The van der Waals surface area contributed by atoms with E-state index in [0.29, 0.717) is 16.0 Å². The molecule has 0 aliphatic carbocycles. The highest BCUT2D eigenvalue weighted by atomic mass is 79.9. The summed E-state index contributed by atoms with van der Waals surface area (Å²) in [5, 5.41) is 2.04. The molecule has 106 valence electrons. The van der Waals surface area contributed by atoms with E-state index in [2.05, 4.69) is 15.9 Å². The quantitative estimate of drug-likeness (QED) is 0.568. The van der Waals surface area contributed by atoms with Crippen molar-refractivity contribution in [1.29, 1.82) is 0 Å².